The molecule has 0 bridgehead atoms. The Balaban J connectivity index is 2.12. The first kappa shape index (κ1) is 13.5. The number of aliphatic hydroxyl groups is 1. The van der Waals surface area contributed by atoms with E-state index >= 15 is 0 Å². The van der Waals surface area contributed by atoms with Crippen molar-refractivity contribution in [2.24, 2.45) is 5.73 Å². The van der Waals surface area contributed by atoms with E-state index in [0.29, 0.717) is 6.42 Å². The van der Waals surface area contributed by atoms with Crippen LogP contribution in [0.5, 0.6) is 5.75 Å². The molecular weight excluding hydrogens is 245 g/mol. The largest absolute Gasteiger partial charge is 0.508 e. The van der Waals surface area contributed by atoms with Crippen molar-refractivity contribution < 1.29 is 14.6 Å². The van der Waals surface area contributed by atoms with Crippen LogP contribution in [0.25, 0.3) is 0 Å². The van der Waals surface area contributed by atoms with E-state index in [1.54, 1.807) is 0 Å². The normalized spacial score (nSPS) is 14.1. The number of aliphatic hydroxyl groups excluding tert-OH is 1. The van der Waals surface area contributed by atoms with Crippen molar-refractivity contribution in [2.75, 3.05) is 0 Å². The van der Waals surface area contributed by atoms with Crippen molar-refractivity contribution in [1.29, 1.82) is 0 Å². The Kier molecular flexibility index (Phi) is 4.14. The van der Waals surface area contributed by atoms with E-state index in [4.69, 9.17) is 10.8 Å². The summed E-state index contributed by atoms with van der Waals surface area (Å²) in [5.41, 5.74) is 7.00. The number of hydrogen-bond donors (Lipinski definition) is 3. The summed E-state index contributed by atoms with van der Waals surface area (Å²) >= 11 is 0. The van der Waals surface area contributed by atoms with Gasteiger partial charge in [0.2, 0.25) is 0 Å². The van der Waals surface area contributed by atoms with Crippen molar-refractivity contribution in [1.82, 2.24) is 0 Å². The van der Waals surface area contributed by atoms with Gasteiger partial charge in [0.05, 0.1) is 12.1 Å². The quantitative estimate of drug-likeness (QED) is 0.790. The number of phenols is 1. The second-order valence-corrected chi connectivity index (χ2v) is 4.49. The molecule has 0 amide bonds. The van der Waals surface area contributed by atoms with E-state index in [9.17, 15) is 9.50 Å². The number of nitrogens with two attached hydrogens (primary N) is 1. The van der Waals surface area contributed by atoms with Crippen LogP contribution in [-0.4, -0.2) is 16.3 Å². The van der Waals surface area contributed by atoms with Crippen molar-refractivity contribution in [3.8, 4) is 5.75 Å². The first-order valence-electron chi connectivity index (χ1n) is 6.04. The zero-order valence-electron chi connectivity index (χ0n) is 10.3. The molecule has 0 aliphatic heterocycles. The van der Waals surface area contributed by atoms with Crippen LogP contribution in [0.15, 0.2) is 48.5 Å². The molecule has 0 saturated heterocycles. The Hall–Kier alpha value is -1.91. The van der Waals surface area contributed by atoms with Gasteiger partial charge in [0, 0.05) is 18.1 Å². The van der Waals surface area contributed by atoms with Gasteiger partial charge in [0.15, 0.2) is 0 Å². The summed E-state index contributed by atoms with van der Waals surface area (Å²) in [6, 6.07) is 12.3. The number of rotatable bonds is 4. The summed E-state index contributed by atoms with van der Waals surface area (Å²) in [5.74, 6) is -0.773. The number of benzene rings is 2. The standard InChI is InChI=1S/C15H16FNO2/c16-13-9-11(18)6-7-12(13)15(17)14(19)8-10-4-2-1-3-5-10/h1-7,9,14-15,18-19H,8,17H2/t14-,15+/m1/s1. The molecule has 0 aliphatic carbocycles. The Morgan fingerprint density at radius 1 is 1.11 bits per heavy atom. The van der Waals surface area contributed by atoms with Gasteiger partial charge >= 0.3 is 0 Å². The topological polar surface area (TPSA) is 66.5 Å². The molecule has 2 aromatic carbocycles. The van der Waals surface area contributed by atoms with Crippen molar-refractivity contribution in [3.05, 3.63) is 65.5 Å². The fourth-order valence-electron chi connectivity index (χ4n) is 1.98. The van der Waals surface area contributed by atoms with E-state index in [1.807, 2.05) is 30.3 Å². The maximum atomic E-state index is 13.6. The van der Waals surface area contributed by atoms with Crippen LogP contribution in [0.4, 0.5) is 4.39 Å². The summed E-state index contributed by atoms with van der Waals surface area (Å²) < 4.78 is 13.6. The highest BCUT2D eigenvalue weighted by atomic mass is 19.1. The Labute approximate surface area is 111 Å². The molecule has 2 aromatic rings. The minimum atomic E-state index is -0.888. The van der Waals surface area contributed by atoms with E-state index in [0.717, 1.165) is 11.6 Å². The predicted octanol–water partition coefficient (Wildman–Crippen LogP) is 2.13. The maximum Gasteiger partial charge on any atom is 0.131 e. The number of hydrogen-bond acceptors (Lipinski definition) is 3. The van der Waals surface area contributed by atoms with Crippen LogP contribution in [0, 0.1) is 5.82 Å². The molecule has 0 heterocycles. The number of phenolic OH excluding ortho intramolecular Hbond substituents is 1. The molecular formula is C15H16FNO2. The molecule has 0 spiro atoms. The summed E-state index contributed by atoms with van der Waals surface area (Å²) in [6.07, 6.45) is -0.538. The minimum Gasteiger partial charge on any atom is -0.508 e. The molecule has 2 atom stereocenters. The second kappa shape index (κ2) is 5.82. The van der Waals surface area contributed by atoms with Gasteiger partial charge in [-0.1, -0.05) is 36.4 Å². The smallest absolute Gasteiger partial charge is 0.131 e. The van der Waals surface area contributed by atoms with Gasteiger partial charge in [-0.2, -0.15) is 0 Å². The fraction of sp³-hybridized carbons (Fsp3) is 0.200. The van der Waals surface area contributed by atoms with E-state index < -0.39 is 18.0 Å². The molecule has 0 unspecified atom stereocenters. The Morgan fingerprint density at radius 3 is 2.42 bits per heavy atom. The van der Waals surface area contributed by atoms with Crippen LogP contribution in [0.1, 0.15) is 17.2 Å². The summed E-state index contributed by atoms with van der Waals surface area (Å²) in [7, 11) is 0. The monoisotopic (exact) mass is 261 g/mol. The molecule has 0 aliphatic rings. The number of aromatic hydroxyl groups is 1. The average Bonchev–Trinajstić information content (AvgIpc) is 2.39. The van der Waals surface area contributed by atoms with Crippen LogP contribution >= 0.6 is 0 Å². The molecule has 0 aromatic heterocycles. The lowest BCUT2D eigenvalue weighted by molar-refractivity contribution is 0.143. The average molecular weight is 261 g/mol. The van der Waals surface area contributed by atoms with Crippen LogP contribution in [0.3, 0.4) is 0 Å². The van der Waals surface area contributed by atoms with Crippen LogP contribution in [0.2, 0.25) is 0 Å². The molecule has 100 valence electrons. The third-order valence-corrected chi connectivity index (χ3v) is 3.05. The highest BCUT2D eigenvalue weighted by molar-refractivity contribution is 5.30. The first-order chi connectivity index (χ1) is 9.08. The van der Waals surface area contributed by atoms with Gasteiger partial charge < -0.3 is 15.9 Å². The molecule has 0 radical (unpaired) electrons. The lowest BCUT2D eigenvalue weighted by Gasteiger charge is -2.20. The van der Waals surface area contributed by atoms with Crippen LogP contribution < -0.4 is 5.73 Å². The molecule has 3 nitrogen and oxygen atoms in total. The van der Waals surface area contributed by atoms with Gasteiger partial charge in [-0.15, -0.1) is 0 Å². The summed E-state index contributed by atoms with van der Waals surface area (Å²) in [4.78, 5) is 0. The molecule has 4 N–H and O–H groups in total. The van der Waals surface area contributed by atoms with Gasteiger partial charge in [-0.3, -0.25) is 0 Å². The Bertz CT molecular complexity index is 545. The molecule has 4 heteroatoms. The van der Waals surface area contributed by atoms with E-state index in [2.05, 4.69) is 0 Å². The second-order valence-electron chi connectivity index (χ2n) is 4.49. The third-order valence-electron chi connectivity index (χ3n) is 3.05. The van der Waals surface area contributed by atoms with E-state index in [-0.39, 0.29) is 11.3 Å². The van der Waals surface area contributed by atoms with E-state index in [1.165, 1.54) is 12.1 Å². The maximum absolute atomic E-state index is 13.6. The molecule has 0 fully saturated rings. The van der Waals surface area contributed by atoms with Crippen molar-refractivity contribution in [2.45, 2.75) is 18.6 Å². The van der Waals surface area contributed by atoms with Crippen molar-refractivity contribution in [3.63, 3.8) is 0 Å². The Morgan fingerprint density at radius 2 is 1.79 bits per heavy atom. The van der Waals surface area contributed by atoms with Crippen LogP contribution in [-0.2, 0) is 6.42 Å². The fourth-order valence-corrected chi connectivity index (χ4v) is 1.98. The zero-order valence-corrected chi connectivity index (χ0v) is 10.3. The zero-order chi connectivity index (χ0) is 13.8. The van der Waals surface area contributed by atoms with Gasteiger partial charge in [0.1, 0.15) is 11.6 Å². The lowest BCUT2D eigenvalue weighted by atomic mass is 9.96. The SMILES string of the molecule is N[C@@H](c1ccc(O)cc1F)[C@H](O)Cc1ccccc1. The van der Waals surface area contributed by atoms with Gasteiger partial charge in [0.25, 0.3) is 0 Å². The van der Waals surface area contributed by atoms with Crippen molar-refractivity contribution >= 4 is 0 Å². The summed E-state index contributed by atoms with van der Waals surface area (Å²) in [6.45, 7) is 0. The first-order valence-corrected chi connectivity index (χ1v) is 6.04. The minimum absolute atomic E-state index is 0.161. The lowest BCUT2D eigenvalue weighted by Crippen LogP contribution is -2.28. The molecule has 19 heavy (non-hydrogen) atoms. The van der Waals surface area contributed by atoms with Gasteiger partial charge in [-0.05, 0) is 11.6 Å². The summed E-state index contributed by atoms with van der Waals surface area (Å²) in [5, 5.41) is 19.2. The van der Waals surface area contributed by atoms with Gasteiger partial charge in [-0.25, -0.2) is 4.39 Å². The highest BCUT2D eigenvalue weighted by Crippen LogP contribution is 2.23. The highest BCUT2D eigenvalue weighted by Gasteiger charge is 2.20. The predicted molar refractivity (Wildman–Crippen MR) is 71.1 cm³/mol. The molecule has 2 rings (SSSR count). The number of halogens is 1. The third kappa shape index (κ3) is 3.30. The molecule has 0 saturated carbocycles.